The van der Waals surface area contributed by atoms with Crippen molar-refractivity contribution in [1.29, 1.82) is 0 Å². The molecule has 4 atom stereocenters. The fourth-order valence-corrected chi connectivity index (χ4v) is 5.59. The third kappa shape index (κ3) is 4.59. The molecule has 2 heterocycles. The molecule has 178 valence electrons. The first kappa shape index (κ1) is 23.9. The van der Waals surface area contributed by atoms with E-state index in [1.54, 1.807) is 18.6 Å². The van der Waals surface area contributed by atoms with E-state index in [1.807, 2.05) is 12.1 Å². The van der Waals surface area contributed by atoms with E-state index >= 15 is 0 Å². The minimum Gasteiger partial charge on any atom is -0.380 e. The second-order valence-electron chi connectivity index (χ2n) is 10.6. The summed E-state index contributed by atoms with van der Waals surface area (Å²) in [4.78, 5) is 29.7. The van der Waals surface area contributed by atoms with Crippen molar-refractivity contribution in [1.82, 2.24) is 20.1 Å². The minimum absolute atomic E-state index is 0.118. The summed E-state index contributed by atoms with van der Waals surface area (Å²) in [5.74, 6) is 1.34. The monoisotopic (exact) mass is 515 g/mol. The summed E-state index contributed by atoms with van der Waals surface area (Å²) in [6.45, 7) is 11.5. The highest BCUT2D eigenvalue weighted by atomic mass is 79.9. The molecule has 0 spiro atoms. The Kier molecular flexibility index (Phi) is 6.42. The van der Waals surface area contributed by atoms with E-state index < -0.39 is 0 Å². The van der Waals surface area contributed by atoms with Gasteiger partial charge >= 0.3 is 0 Å². The van der Waals surface area contributed by atoms with Crippen molar-refractivity contribution in [2.75, 3.05) is 5.32 Å². The number of amides is 1. The van der Waals surface area contributed by atoms with Gasteiger partial charge in [-0.1, -0.05) is 34.6 Å². The molecule has 1 amide bonds. The van der Waals surface area contributed by atoms with Crippen molar-refractivity contribution in [2.45, 2.75) is 72.0 Å². The van der Waals surface area contributed by atoms with Crippen LogP contribution in [-0.4, -0.2) is 26.7 Å². The van der Waals surface area contributed by atoms with E-state index in [-0.39, 0.29) is 35.0 Å². The SMILES string of the molecule is C[C@@H]1[C@@H](C)C(C)(C)[C@@H](C)C[C@H]1Nc1cnn(CC(=O)NC2(c3ccncc3)CC2)c(=O)c1Br. The molecule has 2 aliphatic rings. The molecule has 7 nitrogen and oxygen atoms in total. The number of carbonyl (C=O) groups excluding carboxylic acids is 1. The van der Waals surface area contributed by atoms with Gasteiger partial charge in [-0.3, -0.25) is 14.6 Å². The van der Waals surface area contributed by atoms with Gasteiger partial charge in [-0.15, -0.1) is 0 Å². The van der Waals surface area contributed by atoms with Crippen LogP contribution < -0.4 is 16.2 Å². The zero-order valence-corrected chi connectivity index (χ0v) is 21.6. The Bertz CT molecular complexity index is 1080. The van der Waals surface area contributed by atoms with Crippen LogP contribution in [0.2, 0.25) is 0 Å². The van der Waals surface area contributed by atoms with Gasteiger partial charge in [-0.25, -0.2) is 4.68 Å². The average molecular weight is 516 g/mol. The molecule has 0 radical (unpaired) electrons. The highest BCUT2D eigenvalue weighted by molar-refractivity contribution is 9.10. The molecule has 2 N–H and O–H groups in total. The number of nitrogens with one attached hydrogen (secondary N) is 2. The van der Waals surface area contributed by atoms with E-state index in [9.17, 15) is 9.59 Å². The molecule has 2 saturated carbocycles. The number of pyridine rings is 1. The lowest BCUT2D eigenvalue weighted by Gasteiger charge is -2.50. The van der Waals surface area contributed by atoms with Crippen molar-refractivity contribution in [3.05, 3.63) is 51.1 Å². The van der Waals surface area contributed by atoms with Gasteiger partial charge in [0.1, 0.15) is 11.0 Å². The van der Waals surface area contributed by atoms with E-state index in [0.29, 0.717) is 27.9 Å². The second-order valence-corrected chi connectivity index (χ2v) is 11.4. The molecule has 0 unspecified atom stereocenters. The molecule has 2 aromatic heterocycles. The lowest BCUT2D eigenvalue weighted by molar-refractivity contribution is -0.123. The van der Waals surface area contributed by atoms with Gasteiger partial charge in [0.25, 0.3) is 5.56 Å². The zero-order chi connectivity index (χ0) is 24.0. The molecule has 2 fully saturated rings. The van der Waals surface area contributed by atoms with Crippen molar-refractivity contribution in [3.63, 3.8) is 0 Å². The third-order valence-corrected chi connectivity index (χ3v) is 9.22. The molecule has 2 aromatic rings. The predicted molar refractivity (Wildman–Crippen MR) is 133 cm³/mol. The van der Waals surface area contributed by atoms with Gasteiger partial charge in [0.05, 0.1) is 17.4 Å². The first-order valence-corrected chi connectivity index (χ1v) is 12.6. The van der Waals surface area contributed by atoms with Gasteiger partial charge < -0.3 is 10.6 Å². The molecule has 8 heteroatoms. The summed E-state index contributed by atoms with van der Waals surface area (Å²) in [6.07, 6.45) is 7.90. The fourth-order valence-electron chi connectivity index (χ4n) is 5.17. The van der Waals surface area contributed by atoms with Crippen LogP contribution in [0.3, 0.4) is 0 Å². The predicted octanol–water partition coefficient (Wildman–Crippen LogP) is 4.33. The first-order valence-electron chi connectivity index (χ1n) is 11.8. The van der Waals surface area contributed by atoms with Gasteiger partial charge in [-0.05, 0) is 76.1 Å². The van der Waals surface area contributed by atoms with Crippen molar-refractivity contribution in [2.24, 2.45) is 23.2 Å². The van der Waals surface area contributed by atoms with Crippen LogP contribution in [0.4, 0.5) is 5.69 Å². The molecule has 4 rings (SSSR count). The average Bonchev–Trinajstić information content (AvgIpc) is 3.57. The van der Waals surface area contributed by atoms with Crippen molar-refractivity contribution in [3.8, 4) is 0 Å². The van der Waals surface area contributed by atoms with Crippen LogP contribution in [0.5, 0.6) is 0 Å². The first-order chi connectivity index (χ1) is 15.5. The van der Waals surface area contributed by atoms with E-state index in [0.717, 1.165) is 24.8 Å². The molecule has 33 heavy (non-hydrogen) atoms. The van der Waals surface area contributed by atoms with E-state index in [1.165, 1.54) is 4.68 Å². The van der Waals surface area contributed by atoms with Crippen LogP contribution in [0, 0.1) is 23.2 Å². The Morgan fingerprint density at radius 1 is 1.21 bits per heavy atom. The van der Waals surface area contributed by atoms with Crippen molar-refractivity contribution >= 4 is 27.5 Å². The fraction of sp³-hybridized carbons (Fsp3) is 0.600. The number of aromatic nitrogens is 3. The maximum Gasteiger partial charge on any atom is 0.283 e. The van der Waals surface area contributed by atoms with Crippen LogP contribution in [0.25, 0.3) is 0 Å². The lowest BCUT2D eigenvalue weighted by Crippen LogP contribution is -2.48. The Morgan fingerprint density at radius 2 is 1.88 bits per heavy atom. The Balaban J connectivity index is 1.45. The molecular weight excluding hydrogens is 482 g/mol. The highest BCUT2D eigenvalue weighted by Gasteiger charge is 2.46. The maximum atomic E-state index is 13.0. The zero-order valence-electron chi connectivity index (χ0n) is 20.1. The maximum absolute atomic E-state index is 13.0. The molecule has 0 aromatic carbocycles. The summed E-state index contributed by atoms with van der Waals surface area (Å²) in [6, 6.07) is 4.10. The summed E-state index contributed by atoms with van der Waals surface area (Å²) in [5, 5.41) is 10.9. The van der Waals surface area contributed by atoms with Gasteiger partial charge in [0.2, 0.25) is 5.91 Å². The van der Waals surface area contributed by atoms with E-state index in [4.69, 9.17) is 0 Å². The molecule has 2 aliphatic carbocycles. The normalized spacial score (nSPS) is 27.6. The summed E-state index contributed by atoms with van der Waals surface area (Å²) in [7, 11) is 0. The number of anilines is 1. The van der Waals surface area contributed by atoms with Gasteiger partial charge in [-0.2, -0.15) is 5.10 Å². The Morgan fingerprint density at radius 3 is 2.52 bits per heavy atom. The van der Waals surface area contributed by atoms with E-state index in [2.05, 4.69) is 71.3 Å². The van der Waals surface area contributed by atoms with Crippen LogP contribution in [-0.2, 0) is 16.9 Å². The van der Waals surface area contributed by atoms with Gasteiger partial charge in [0, 0.05) is 18.4 Å². The second kappa shape index (κ2) is 8.85. The van der Waals surface area contributed by atoms with Gasteiger partial charge in [0.15, 0.2) is 0 Å². The molecular formula is C25H34BrN5O2. The minimum atomic E-state index is -0.347. The van der Waals surface area contributed by atoms with Crippen LogP contribution >= 0.6 is 15.9 Å². The number of halogens is 1. The smallest absolute Gasteiger partial charge is 0.283 e. The summed E-state index contributed by atoms with van der Waals surface area (Å²) in [5.41, 5.74) is 1.34. The Hall–Kier alpha value is -2.22. The number of carbonyl (C=O) groups is 1. The third-order valence-electron chi connectivity index (χ3n) is 8.46. The Labute approximate surface area is 203 Å². The standard InChI is InChI=1S/C25H34BrN5O2/c1-15-12-19(16(2)17(3)24(15,4)5)29-20-13-28-31(23(33)22(20)26)14-21(32)30-25(8-9-25)18-6-10-27-11-7-18/h6-7,10-11,13,15-17,19,29H,8-9,12,14H2,1-5H3,(H,30,32)/t15-,16+,17+,19+/m0/s1. The molecule has 0 bridgehead atoms. The van der Waals surface area contributed by atoms with Crippen LogP contribution in [0.15, 0.2) is 40.0 Å². The number of hydrogen-bond donors (Lipinski definition) is 2. The lowest BCUT2D eigenvalue weighted by atomic mass is 9.58. The number of rotatable bonds is 6. The number of nitrogens with zero attached hydrogens (tertiary/aromatic N) is 3. The quantitative estimate of drug-likeness (QED) is 0.597. The molecule has 0 saturated heterocycles. The largest absolute Gasteiger partial charge is 0.380 e. The summed E-state index contributed by atoms with van der Waals surface area (Å²) >= 11 is 3.46. The molecule has 0 aliphatic heterocycles. The number of hydrogen-bond acceptors (Lipinski definition) is 5. The highest BCUT2D eigenvalue weighted by Crippen LogP contribution is 2.48. The summed E-state index contributed by atoms with van der Waals surface area (Å²) < 4.78 is 1.63. The topological polar surface area (TPSA) is 88.9 Å². The van der Waals surface area contributed by atoms with Crippen molar-refractivity contribution < 1.29 is 4.79 Å². The van der Waals surface area contributed by atoms with Crippen LogP contribution in [0.1, 0.15) is 59.4 Å².